The van der Waals surface area contributed by atoms with Crippen LogP contribution in [0.1, 0.15) is 23.2 Å². The minimum absolute atomic E-state index is 0.119. The van der Waals surface area contributed by atoms with Gasteiger partial charge in [-0.3, -0.25) is 0 Å². The highest BCUT2D eigenvalue weighted by molar-refractivity contribution is 5.47. The smallest absolute Gasteiger partial charge is 0.358 e. The molecule has 1 heterocycles. The number of nitrogens with zero attached hydrogens (tertiary/aromatic N) is 4. The van der Waals surface area contributed by atoms with Crippen LogP contribution < -0.4 is 0 Å². The Hall–Kier alpha value is -2.61. The van der Waals surface area contributed by atoms with Gasteiger partial charge in [-0.25, -0.2) is 8.78 Å². The van der Waals surface area contributed by atoms with Gasteiger partial charge in [-0.1, -0.05) is 0 Å². The van der Waals surface area contributed by atoms with Gasteiger partial charge in [0.2, 0.25) is 5.69 Å². The van der Waals surface area contributed by atoms with Gasteiger partial charge in [0.1, 0.15) is 11.6 Å². The summed E-state index contributed by atoms with van der Waals surface area (Å²) < 4.78 is 25.1. The highest BCUT2D eigenvalue weighted by Crippen LogP contribution is 2.26. The zero-order chi connectivity index (χ0) is 13.0. The molecule has 86 valence electrons. The fourth-order valence-electron chi connectivity index (χ4n) is 1.21. The van der Waals surface area contributed by atoms with Crippen LogP contribution in [0.2, 0.25) is 0 Å². The fraction of sp³-hybridized carbons (Fsp3) is 0.222. The van der Waals surface area contributed by atoms with Gasteiger partial charge in [0.25, 0.3) is 0 Å². The van der Waals surface area contributed by atoms with Crippen molar-refractivity contribution >= 4 is 5.82 Å². The Kier molecular flexibility index (Phi) is 3.62. The predicted molar refractivity (Wildman–Crippen MR) is 49.9 cm³/mol. The first kappa shape index (κ1) is 12.5. The Balaban J connectivity index is 3.53. The van der Waals surface area contributed by atoms with E-state index in [1.165, 1.54) is 6.07 Å². The van der Waals surface area contributed by atoms with E-state index < -0.39 is 28.4 Å². The summed E-state index contributed by atoms with van der Waals surface area (Å²) >= 11 is 0. The summed E-state index contributed by atoms with van der Waals surface area (Å²) in [4.78, 5) is 12.6. The van der Waals surface area contributed by atoms with E-state index in [9.17, 15) is 18.9 Å². The molecule has 1 aromatic rings. The third kappa shape index (κ3) is 2.49. The zero-order valence-corrected chi connectivity index (χ0v) is 8.22. The molecule has 0 saturated carbocycles. The molecule has 0 saturated heterocycles. The van der Waals surface area contributed by atoms with Gasteiger partial charge < -0.3 is 10.1 Å². The summed E-state index contributed by atoms with van der Waals surface area (Å²) in [5, 5.41) is 27.6. The van der Waals surface area contributed by atoms with Gasteiger partial charge in [-0.15, -0.1) is 0 Å². The molecule has 0 bridgehead atoms. The number of aromatic nitrogens is 1. The molecular weight excluding hydrogens is 234 g/mol. The van der Waals surface area contributed by atoms with Crippen LogP contribution in [0.5, 0.6) is 0 Å². The third-order valence-electron chi connectivity index (χ3n) is 1.89. The van der Waals surface area contributed by atoms with Crippen molar-refractivity contribution in [1.29, 1.82) is 10.5 Å². The first-order valence-corrected chi connectivity index (χ1v) is 4.24. The summed E-state index contributed by atoms with van der Waals surface area (Å²) in [6.45, 7) is 0. The molecule has 1 rings (SSSR count). The van der Waals surface area contributed by atoms with E-state index >= 15 is 0 Å². The highest BCUT2D eigenvalue weighted by Gasteiger charge is 2.27. The first-order chi connectivity index (χ1) is 8.01. The van der Waals surface area contributed by atoms with Crippen LogP contribution in [0.4, 0.5) is 14.6 Å². The monoisotopic (exact) mass is 238 g/mol. The van der Waals surface area contributed by atoms with Crippen molar-refractivity contribution in [3.05, 3.63) is 33.0 Å². The molecule has 0 aromatic carbocycles. The number of alkyl halides is 2. The molecule has 8 heteroatoms. The largest absolute Gasteiger partial charge is 0.364 e. The Morgan fingerprint density at radius 1 is 1.53 bits per heavy atom. The number of hydrogen-bond acceptors (Lipinski definition) is 5. The van der Waals surface area contributed by atoms with Gasteiger partial charge >= 0.3 is 12.2 Å². The van der Waals surface area contributed by atoms with Crippen molar-refractivity contribution in [3.8, 4) is 12.1 Å². The molecule has 0 aliphatic rings. The second-order valence-corrected chi connectivity index (χ2v) is 2.90. The molecule has 0 aliphatic heterocycles. The maximum Gasteiger partial charge on any atom is 0.364 e. The summed E-state index contributed by atoms with van der Waals surface area (Å²) in [7, 11) is 0. The third-order valence-corrected chi connectivity index (χ3v) is 1.89. The van der Waals surface area contributed by atoms with E-state index in [0.717, 1.165) is 6.07 Å². The average Bonchev–Trinajstić information content (AvgIpc) is 2.28. The summed E-state index contributed by atoms with van der Waals surface area (Å²) in [5.41, 5.74) is -1.56. The first-order valence-electron chi connectivity index (χ1n) is 4.24. The Labute approximate surface area is 93.9 Å². The van der Waals surface area contributed by atoms with E-state index in [4.69, 9.17) is 10.5 Å². The Morgan fingerprint density at radius 3 is 2.59 bits per heavy atom. The number of nitro groups is 1. The van der Waals surface area contributed by atoms with E-state index in [2.05, 4.69) is 4.98 Å². The van der Waals surface area contributed by atoms with Crippen molar-refractivity contribution in [2.45, 2.75) is 12.8 Å². The normalized spacial score (nSPS) is 9.71. The van der Waals surface area contributed by atoms with Crippen molar-refractivity contribution in [1.82, 2.24) is 4.98 Å². The lowest BCUT2D eigenvalue weighted by atomic mass is 10.0. The molecule has 1 aromatic heterocycles. The topological polar surface area (TPSA) is 104 Å². The minimum atomic E-state index is -3.11. The minimum Gasteiger partial charge on any atom is -0.358 e. The molecular formula is C9H4F2N4O2. The number of hydrogen-bond donors (Lipinski definition) is 0. The molecule has 6 nitrogen and oxygen atoms in total. The summed E-state index contributed by atoms with van der Waals surface area (Å²) in [6, 6.07) is 3.98. The second-order valence-electron chi connectivity index (χ2n) is 2.90. The molecule has 0 amide bonds. The number of nitriles is 2. The summed E-state index contributed by atoms with van der Waals surface area (Å²) in [6.07, 6.45) is -3.48. The van der Waals surface area contributed by atoms with Crippen molar-refractivity contribution in [2.75, 3.05) is 0 Å². The SMILES string of the molecule is N#CCc1cc([N+](=O)[O-])nc(C(F)F)c1C#N. The second kappa shape index (κ2) is 4.94. The lowest BCUT2D eigenvalue weighted by Crippen LogP contribution is -2.04. The highest BCUT2D eigenvalue weighted by atomic mass is 19.3. The van der Waals surface area contributed by atoms with Crippen LogP contribution >= 0.6 is 0 Å². The molecule has 0 unspecified atom stereocenters. The fourth-order valence-corrected chi connectivity index (χ4v) is 1.21. The van der Waals surface area contributed by atoms with Gasteiger partial charge in [0.15, 0.2) is 0 Å². The predicted octanol–water partition coefficient (Wildman–Crippen LogP) is 1.87. The van der Waals surface area contributed by atoms with Gasteiger partial charge in [-0.05, 0) is 15.5 Å². The molecule has 17 heavy (non-hydrogen) atoms. The lowest BCUT2D eigenvalue weighted by Gasteiger charge is -2.02. The Bertz CT molecular complexity index is 545. The van der Waals surface area contributed by atoms with Crippen LogP contribution in [0.3, 0.4) is 0 Å². The number of halogens is 2. The zero-order valence-electron chi connectivity index (χ0n) is 8.22. The molecule has 0 aliphatic carbocycles. The molecule has 0 spiro atoms. The van der Waals surface area contributed by atoms with Crippen molar-refractivity contribution in [2.24, 2.45) is 0 Å². The lowest BCUT2D eigenvalue weighted by molar-refractivity contribution is -0.389. The summed E-state index contributed by atoms with van der Waals surface area (Å²) in [5.74, 6) is -0.801. The van der Waals surface area contributed by atoms with Crippen LogP contribution in [0.25, 0.3) is 0 Å². The number of rotatable bonds is 3. The van der Waals surface area contributed by atoms with Gasteiger partial charge in [0.05, 0.1) is 12.5 Å². The quantitative estimate of drug-likeness (QED) is 0.590. The van der Waals surface area contributed by atoms with E-state index in [1.54, 1.807) is 6.07 Å². The van der Waals surface area contributed by atoms with E-state index in [0.29, 0.717) is 0 Å². The van der Waals surface area contributed by atoms with Gasteiger partial charge in [0, 0.05) is 6.07 Å². The van der Waals surface area contributed by atoms with Crippen LogP contribution in [0.15, 0.2) is 6.07 Å². The van der Waals surface area contributed by atoms with Crippen LogP contribution in [-0.4, -0.2) is 9.91 Å². The average molecular weight is 238 g/mol. The maximum atomic E-state index is 12.6. The van der Waals surface area contributed by atoms with Crippen LogP contribution in [-0.2, 0) is 6.42 Å². The number of pyridine rings is 1. The molecule has 0 radical (unpaired) electrons. The van der Waals surface area contributed by atoms with Crippen LogP contribution in [0, 0.1) is 32.8 Å². The molecule has 0 N–H and O–H groups in total. The van der Waals surface area contributed by atoms with Crippen molar-refractivity contribution in [3.63, 3.8) is 0 Å². The van der Waals surface area contributed by atoms with E-state index in [-0.39, 0.29) is 12.0 Å². The standard InChI is InChI=1S/C9H4F2N4O2/c10-9(11)8-6(4-13)5(1-2-12)3-7(14-8)15(16)17/h3,9H,1H2. The molecule has 0 atom stereocenters. The van der Waals surface area contributed by atoms with Gasteiger partial charge in [-0.2, -0.15) is 10.5 Å². The van der Waals surface area contributed by atoms with E-state index in [1.807, 2.05) is 0 Å². The van der Waals surface area contributed by atoms with Crippen molar-refractivity contribution < 1.29 is 13.7 Å². The molecule has 0 fully saturated rings. The Morgan fingerprint density at radius 2 is 2.18 bits per heavy atom. The maximum absolute atomic E-state index is 12.6.